The number of ether oxygens (including phenoxy) is 8. The van der Waals surface area contributed by atoms with E-state index in [1.54, 1.807) is 57.2 Å². The van der Waals surface area contributed by atoms with Crippen molar-refractivity contribution in [3.63, 3.8) is 0 Å². The Morgan fingerprint density at radius 3 is 1.79 bits per heavy atom. The summed E-state index contributed by atoms with van der Waals surface area (Å²) in [5.74, 6) is -10.2. The molecule has 3 unspecified atom stereocenters. The zero-order chi connectivity index (χ0) is 55.3. The molecule has 23 heteroatoms. The molecule has 3 fully saturated rings. The Hall–Kier alpha value is -6.18. The standard InChI is InChI=1S/C52H65NO22/c1-28-32(26-51(67)45(75-46(65)31-15-11-8-12-16-31)43-49(5)27-68-34(49)25-33(55)50(43,6)44(64)41(63)39(28)48(51,3)4)73-47(66)42(40(53-29(2)54)30-13-9-7-10-14-30)74-38(62)20-24-72-52(69-21-17-35(56)57,70-22-18-36(58)59)71-23-19-37(60)61/h7-16,32-34,40-43,45,55,63,67H,17-27H2,1-6H3,(H,53,54)(H,56,57)(H,58,59)(H,60,61)/t32-,33-,34?,40-,41+,42+,43?,45-,49+,50?,51+/m0/s1. The number of nitrogens with one attached hydrogen (secondary N) is 1. The van der Waals surface area contributed by atoms with Gasteiger partial charge in [0.15, 0.2) is 5.78 Å². The molecule has 11 atom stereocenters. The average Bonchev–Trinajstić information content (AvgIpc) is 3.34. The molecule has 1 aliphatic heterocycles. The maximum absolute atomic E-state index is 15.1. The predicted octanol–water partition coefficient (Wildman–Crippen LogP) is 2.62. The predicted molar refractivity (Wildman–Crippen MR) is 253 cm³/mol. The van der Waals surface area contributed by atoms with Crippen LogP contribution in [0.25, 0.3) is 0 Å². The number of ketones is 1. The van der Waals surface area contributed by atoms with Crippen LogP contribution in [-0.2, 0) is 71.5 Å². The third-order valence-electron chi connectivity index (χ3n) is 15.0. The van der Waals surface area contributed by atoms with Crippen LogP contribution in [0.2, 0.25) is 0 Å². The summed E-state index contributed by atoms with van der Waals surface area (Å²) in [7, 11) is 0. The Labute approximate surface area is 431 Å². The van der Waals surface area contributed by atoms with Crippen LogP contribution < -0.4 is 5.32 Å². The van der Waals surface area contributed by atoms with E-state index in [0.717, 1.165) is 6.92 Å². The number of aliphatic carboxylic acids is 3. The quantitative estimate of drug-likeness (QED) is 0.0344. The molecule has 2 aromatic rings. The largest absolute Gasteiger partial charge is 0.481 e. The second kappa shape index (κ2) is 23.4. The number of carboxylic acids is 3. The number of Topliss-reactive ketones (excluding diaryl/α,β-unsaturated/α-hetero) is 1. The van der Waals surface area contributed by atoms with Gasteiger partial charge >= 0.3 is 42.0 Å². The highest BCUT2D eigenvalue weighted by Crippen LogP contribution is 2.65. The Morgan fingerprint density at radius 2 is 1.29 bits per heavy atom. The molecule has 1 amide bonds. The zero-order valence-electron chi connectivity index (χ0n) is 42.4. The van der Waals surface area contributed by atoms with Crippen LogP contribution in [0.4, 0.5) is 0 Å². The molecule has 6 rings (SSSR count). The Kier molecular flexibility index (Phi) is 18.1. The van der Waals surface area contributed by atoms with Crippen molar-refractivity contribution >= 4 is 47.5 Å². The van der Waals surface area contributed by atoms with E-state index in [1.165, 1.54) is 38.1 Å². The van der Waals surface area contributed by atoms with E-state index in [9.17, 15) is 64.2 Å². The maximum Gasteiger partial charge on any atom is 0.412 e. The smallest absolute Gasteiger partial charge is 0.412 e. The van der Waals surface area contributed by atoms with E-state index in [4.69, 9.17) is 37.9 Å². The number of esters is 3. The van der Waals surface area contributed by atoms with Crippen molar-refractivity contribution in [1.29, 1.82) is 0 Å². The number of carbonyl (C=O) groups is 8. The van der Waals surface area contributed by atoms with Crippen molar-refractivity contribution < 1.29 is 107 Å². The third kappa shape index (κ3) is 12.1. The molecular formula is C52H65NO22. The summed E-state index contributed by atoms with van der Waals surface area (Å²) in [6, 6.07) is 14.2. The molecule has 7 N–H and O–H groups in total. The minimum atomic E-state index is -2.74. The number of aliphatic hydroxyl groups excluding tert-OH is 2. The monoisotopic (exact) mass is 1060 g/mol. The highest BCUT2D eigenvalue weighted by Gasteiger charge is 2.75. The molecule has 2 bridgehead atoms. The second-order valence-corrected chi connectivity index (χ2v) is 20.1. The van der Waals surface area contributed by atoms with E-state index >= 15 is 4.79 Å². The molecule has 2 saturated carbocycles. The van der Waals surface area contributed by atoms with Crippen LogP contribution in [-0.4, -0.2) is 160 Å². The molecule has 0 radical (unpaired) electrons. The molecule has 4 aliphatic rings. The van der Waals surface area contributed by atoms with Crippen molar-refractivity contribution in [1.82, 2.24) is 5.32 Å². The fourth-order valence-corrected chi connectivity index (χ4v) is 11.0. The lowest BCUT2D eigenvalue weighted by molar-refractivity contribution is -0.498. The summed E-state index contributed by atoms with van der Waals surface area (Å²) in [6.45, 7) is 6.23. The van der Waals surface area contributed by atoms with E-state index in [0.29, 0.717) is 0 Å². The summed E-state index contributed by atoms with van der Waals surface area (Å²) in [5, 5.41) is 68.2. The molecule has 1 saturated heterocycles. The van der Waals surface area contributed by atoms with E-state index < -0.39 is 183 Å². The van der Waals surface area contributed by atoms with Crippen LogP contribution >= 0.6 is 0 Å². The van der Waals surface area contributed by atoms with Crippen LogP contribution in [0, 0.1) is 22.2 Å². The van der Waals surface area contributed by atoms with Gasteiger partial charge in [-0.2, -0.15) is 0 Å². The van der Waals surface area contributed by atoms with Gasteiger partial charge in [-0.15, -0.1) is 0 Å². The van der Waals surface area contributed by atoms with Gasteiger partial charge < -0.3 is 73.9 Å². The fraction of sp³-hybridized carbons (Fsp3) is 0.577. The number of fused-ring (bicyclic) bond motifs is 5. The lowest BCUT2D eigenvalue weighted by Gasteiger charge is -2.68. The Balaban J connectivity index is 1.39. The molecular weight excluding hydrogens is 991 g/mol. The number of carboxylic acid groups (broad SMARTS) is 3. The van der Waals surface area contributed by atoms with Crippen molar-refractivity contribution in [3.05, 3.63) is 82.9 Å². The minimum absolute atomic E-state index is 0.00685. The van der Waals surface area contributed by atoms with Crippen molar-refractivity contribution in [3.8, 4) is 0 Å². The molecule has 0 spiro atoms. The van der Waals surface area contributed by atoms with Crippen LogP contribution in [0.1, 0.15) is 102 Å². The van der Waals surface area contributed by atoms with Crippen molar-refractivity contribution in [2.24, 2.45) is 22.2 Å². The normalized spacial score (nSPS) is 28.6. The number of rotatable bonds is 24. The van der Waals surface area contributed by atoms with Gasteiger partial charge in [0.2, 0.25) is 12.0 Å². The SMILES string of the molecule is CC(=O)N[C@@H](c1ccccc1)[C@@H](OC(=O)CCOC(OCCC(=O)O)(OCCC(=O)O)OCCC(=O)O)C(=O)O[C@H]1C[C@@]2(O)[C@@H](OC(=O)c3ccccc3)C3C(C)(C(=O)[C@H](O)C(=C1C)C2(C)C)[C@@H](O)CC1OC[C@]13C. The number of aliphatic hydroxyl groups is 3. The summed E-state index contributed by atoms with van der Waals surface area (Å²) in [4.78, 5) is 105. The number of amides is 1. The zero-order valence-corrected chi connectivity index (χ0v) is 42.4. The van der Waals surface area contributed by atoms with Gasteiger partial charge in [-0.1, -0.05) is 69.3 Å². The van der Waals surface area contributed by atoms with Gasteiger partial charge in [0.1, 0.15) is 30.0 Å². The highest BCUT2D eigenvalue weighted by molar-refractivity contribution is 5.94. The first-order valence-corrected chi connectivity index (χ1v) is 24.4. The van der Waals surface area contributed by atoms with Crippen LogP contribution in [0.3, 0.4) is 0 Å². The van der Waals surface area contributed by atoms with Crippen LogP contribution in [0.5, 0.6) is 0 Å². The lowest BCUT2D eigenvalue weighted by atomic mass is 9.42. The Morgan fingerprint density at radius 1 is 0.773 bits per heavy atom. The van der Waals surface area contributed by atoms with Crippen molar-refractivity contribution in [2.45, 2.75) is 134 Å². The summed E-state index contributed by atoms with van der Waals surface area (Å²) in [5.41, 5.74) is -6.52. The van der Waals surface area contributed by atoms with E-state index in [1.807, 2.05) is 0 Å². The lowest BCUT2D eigenvalue weighted by Crippen LogP contribution is -2.77. The van der Waals surface area contributed by atoms with Gasteiger partial charge in [0.25, 0.3) is 0 Å². The van der Waals surface area contributed by atoms with Gasteiger partial charge in [-0.05, 0) is 42.7 Å². The number of hydrogen-bond acceptors (Lipinski definition) is 19. The van der Waals surface area contributed by atoms with Gasteiger partial charge in [-0.25, -0.2) is 9.59 Å². The number of carbonyl (C=O) groups excluding carboxylic acids is 5. The second-order valence-electron chi connectivity index (χ2n) is 20.1. The summed E-state index contributed by atoms with van der Waals surface area (Å²) < 4.78 is 46.2. The summed E-state index contributed by atoms with van der Waals surface area (Å²) in [6.07, 6.45) is -15.5. The molecule has 75 heavy (non-hydrogen) atoms. The fourth-order valence-electron chi connectivity index (χ4n) is 11.0. The minimum Gasteiger partial charge on any atom is -0.481 e. The first-order chi connectivity index (χ1) is 35.2. The number of hydrogen-bond donors (Lipinski definition) is 7. The van der Waals surface area contributed by atoms with Crippen LogP contribution in [0.15, 0.2) is 71.8 Å². The van der Waals surface area contributed by atoms with Crippen molar-refractivity contribution in [2.75, 3.05) is 33.0 Å². The first-order valence-electron chi connectivity index (χ1n) is 24.4. The molecule has 410 valence electrons. The van der Waals surface area contributed by atoms with Gasteiger partial charge in [0, 0.05) is 36.5 Å². The van der Waals surface area contributed by atoms with Gasteiger partial charge in [0.05, 0.1) is 81.9 Å². The third-order valence-corrected chi connectivity index (χ3v) is 15.0. The maximum atomic E-state index is 15.1. The number of benzene rings is 2. The van der Waals surface area contributed by atoms with E-state index in [2.05, 4.69) is 5.32 Å². The van der Waals surface area contributed by atoms with E-state index in [-0.39, 0.29) is 35.3 Å². The average molecular weight is 1060 g/mol. The summed E-state index contributed by atoms with van der Waals surface area (Å²) >= 11 is 0. The first kappa shape index (κ1) is 58.1. The molecule has 0 aromatic heterocycles. The topological polar surface area (TPSA) is 344 Å². The Bertz CT molecular complexity index is 2450. The molecule has 1 heterocycles. The molecule has 2 aromatic carbocycles. The highest BCUT2D eigenvalue weighted by atomic mass is 17.0. The molecule has 3 aliphatic carbocycles. The van der Waals surface area contributed by atoms with Gasteiger partial charge in [-0.3, -0.25) is 28.8 Å². The molecule has 23 nitrogen and oxygen atoms in total.